The summed E-state index contributed by atoms with van der Waals surface area (Å²) in [5, 5.41) is 0. The lowest BCUT2D eigenvalue weighted by Crippen LogP contribution is -2.51. The molecule has 0 amide bonds. The third-order valence-corrected chi connectivity index (χ3v) is 4.40. The quantitative estimate of drug-likeness (QED) is 0.675. The van der Waals surface area contributed by atoms with E-state index in [1.165, 1.54) is 12.1 Å². The number of hydrogen-bond acceptors (Lipinski definition) is 4. The topological polar surface area (TPSA) is 70.6 Å². The summed E-state index contributed by atoms with van der Waals surface area (Å²) in [7, 11) is 0. The molecule has 6 nitrogen and oxygen atoms in total. The molecule has 2 heterocycles. The Labute approximate surface area is 147 Å². The summed E-state index contributed by atoms with van der Waals surface area (Å²) >= 11 is 0. The third-order valence-electron chi connectivity index (χ3n) is 4.40. The van der Waals surface area contributed by atoms with Gasteiger partial charge in [0, 0.05) is 57.2 Å². The SMILES string of the molecule is Cc1nccnc1CCN=C(N)N1CCN(c2ccc(F)cc2)CC1. The first-order chi connectivity index (χ1) is 12.1. The Morgan fingerprint density at radius 2 is 1.80 bits per heavy atom. The van der Waals surface area contributed by atoms with Gasteiger partial charge in [0.1, 0.15) is 5.82 Å². The minimum atomic E-state index is -0.211. The summed E-state index contributed by atoms with van der Waals surface area (Å²) in [6, 6.07) is 6.61. The molecule has 1 saturated heterocycles. The number of rotatable bonds is 4. The van der Waals surface area contributed by atoms with E-state index in [9.17, 15) is 4.39 Å². The molecule has 3 rings (SSSR count). The zero-order valence-electron chi connectivity index (χ0n) is 14.4. The fourth-order valence-electron chi connectivity index (χ4n) is 2.90. The smallest absolute Gasteiger partial charge is 0.191 e. The van der Waals surface area contributed by atoms with Gasteiger partial charge in [-0.2, -0.15) is 0 Å². The molecular formula is C18H23FN6. The second kappa shape index (κ2) is 7.92. The normalized spacial score (nSPS) is 15.5. The van der Waals surface area contributed by atoms with Crippen LogP contribution in [0.1, 0.15) is 11.4 Å². The van der Waals surface area contributed by atoms with Gasteiger partial charge in [-0.05, 0) is 31.2 Å². The molecule has 0 bridgehead atoms. The van der Waals surface area contributed by atoms with E-state index in [1.54, 1.807) is 12.4 Å². The molecule has 1 aromatic carbocycles. The minimum Gasteiger partial charge on any atom is -0.370 e. The van der Waals surface area contributed by atoms with E-state index in [-0.39, 0.29) is 5.82 Å². The molecular weight excluding hydrogens is 319 g/mol. The lowest BCUT2D eigenvalue weighted by atomic mass is 10.2. The molecule has 1 fully saturated rings. The van der Waals surface area contributed by atoms with E-state index in [4.69, 9.17) is 5.73 Å². The van der Waals surface area contributed by atoms with Crippen LogP contribution in [0.3, 0.4) is 0 Å². The van der Waals surface area contributed by atoms with Gasteiger partial charge in [-0.3, -0.25) is 15.0 Å². The number of aryl methyl sites for hydroxylation is 1. The van der Waals surface area contributed by atoms with Gasteiger partial charge in [-0.1, -0.05) is 0 Å². The number of halogens is 1. The average Bonchev–Trinajstić information content (AvgIpc) is 2.64. The molecule has 1 aromatic heterocycles. The van der Waals surface area contributed by atoms with Crippen LogP contribution in [0, 0.1) is 12.7 Å². The molecule has 132 valence electrons. The number of aromatic nitrogens is 2. The van der Waals surface area contributed by atoms with Crippen molar-refractivity contribution in [2.45, 2.75) is 13.3 Å². The number of benzene rings is 1. The lowest BCUT2D eigenvalue weighted by Gasteiger charge is -2.36. The van der Waals surface area contributed by atoms with Gasteiger partial charge in [-0.15, -0.1) is 0 Å². The molecule has 0 saturated carbocycles. The molecule has 25 heavy (non-hydrogen) atoms. The van der Waals surface area contributed by atoms with E-state index in [2.05, 4.69) is 24.8 Å². The number of hydrogen-bond donors (Lipinski definition) is 1. The Bertz CT molecular complexity index is 723. The predicted molar refractivity (Wildman–Crippen MR) is 97.1 cm³/mol. The Kier molecular flexibility index (Phi) is 5.42. The third kappa shape index (κ3) is 4.43. The number of anilines is 1. The first-order valence-corrected chi connectivity index (χ1v) is 8.45. The van der Waals surface area contributed by atoms with Gasteiger partial charge in [0.2, 0.25) is 0 Å². The molecule has 0 atom stereocenters. The van der Waals surface area contributed by atoms with Crippen LogP contribution in [0.5, 0.6) is 0 Å². The van der Waals surface area contributed by atoms with Gasteiger partial charge in [0.05, 0.1) is 11.4 Å². The van der Waals surface area contributed by atoms with E-state index < -0.39 is 0 Å². The van der Waals surface area contributed by atoms with Crippen molar-refractivity contribution in [2.75, 3.05) is 37.6 Å². The maximum Gasteiger partial charge on any atom is 0.191 e. The molecule has 2 N–H and O–H groups in total. The summed E-state index contributed by atoms with van der Waals surface area (Å²) in [6.07, 6.45) is 4.12. The van der Waals surface area contributed by atoms with E-state index in [0.717, 1.165) is 49.7 Å². The van der Waals surface area contributed by atoms with Gasteiger partial charge in [-0.25, -0.2) is 4.39 Å². The number of aliphatic imine (C=N–C) groups is 1. The predicted octanol–water partition coefficient (Wildman–Crippen LogP) is 1.60. The van der Waals surface area contributed by atoms with Crippen LogP contribution in [0.15, 0.2) is 41.7 Å². The summed E-state index contributed by atoms with van der Waals surface area (Å²) in [5.74, 6) is 0.359. The maximum atomic E-state index is 13.0. The second-order valence-electron chi connectivity index (χ2n) is 6.03. The van der Waals surface area contributed by atoms with Crippen molar-refractivity contribution >= 4 is 11.6 Å². The molecule has 1 aliphatic heterocycles. The molecule has 2 aromatic rings. The van der Waals surface area contributed by atoms with Crippen molar-refractivity contribution in [1.82, 2.24) is 14.9 Å². The molecule has 0 spiro atoms. The van der Waals surface area contributed by atoms with Crippen LogP contribution >= 0.6 is 0 Å². The van der Waals surface area contributed by atoms with Gasteiger partial charge >= 0.3 is 0 Å². The zero-order chi connectivity index (χ0) is 17.6. The van der Waals surface area contributed by atoms with Crippen LogP contribution in [0.2, 0.25) is 0 Å². The molecule has 7 heteroatoms. The fraction of sp³-hybridized carbons (Fsp3) is 0.389. The van der Waals surface area contributed by atoms with Crippen molar-refractivity contribution in [3.05, 3.63) is 53.9 Å². The van der Waals surface area contributed by atoms with Crippen LogP contribution < -0.4 is 10.6 Å². The highest BCUT2D eigenvalue weighted by molar-refractivity contribution is 5.78. The van der Waals surface area contributed by atoms with Gasteiger partial charge < -0.3 is 15.5 Å². The van der Waals surface area contributed by atoms with Crippen LogP contribution in [-0.4, -0.2) is 53.6 Å². The number of guanidine groups is 1. The average molecular weight is 342 g/mol. The van der Waals surface area contributed by atoms with Crippen molar-refractivity contribution in [2.24, 2.45) is 10.7 Å². The Morgan fingerprint density at radius 3 is 2.48 bits per heavy atom. The highest BCUT2D eigenvalue weighted by Crippen LogP contribution is 2.16. The monoisotopic (exact) mass is 342 g/mol. The van der Waals surface area contributed by atoms with Crippen LogP contribution in [-0.2, 0) is 6.42 Å². The first kappa shape index (κ1) is 17.1. The minimum absolute atomic E-state index is 0.211. The van der Waals surface area contributed by atoms with E-state index in [0.29, 0.717) is 12.5 Å². The van der Waals surface area contributed by atoms with Crippen molar-refractivity contribution < 1.29 is 4.39 Å². The number of piperazine rings is 1. The summed E-state index contributed by atoms with van der Waals surface area (Å²) in [4.78, 5) is 17.3. The van der Waals surface area contributed by atoms with E-state index in [1.807, 2.05) is 19.1 Å². The first-order valence-electron chi connectivity index (χ1n) is 8.45. The standard InChI is InChI=1S/C18H23FN6/c1-14-17(22-9-8-21-14)6-7-23-18(20)25-12-10-24(11-13-25)16-4-2-15(19)3-5-16/h2-5,8-9H,6-7,10-13H2,1H3,(H2,20,23). The van der Waals surface area contributed by atoms with Crippen LogP contribution in [0.25, 0.3) is 0 Å². The summed E-state index contributed by atoms with van der Waals surface area (Å²) in [5.41, 5.74) is 9.06. The highest BCUT2D eigenvalue weighted by Gasteiger charge is 2.18. The number of nitrogens with two attached hydrogens (primary N) is 1. The van der Waals surface area contributed by atoms with Gasteiger partial charge in [0.25, 0.3) is 0 Å². The highest BCUT2D eigenvalue weighted by atomic mass is 19.1. The fourth-order valence-corrected chi connectivity index (χ4v) is 2.90. The maximum absolute atomic E-state index is 13.0. The lowest BCUT2D eigenvalue weighted by molar-refractivity contribution is 0.381. The van der Waals surface area contributed by atoms with Crippen molar-refractivity contribution in [3.8, 4) is 0 Å². The molecule has 0 unspecified atom stereocenters. The Morgan fingerprint density at radius 1 is 1.12 bits per heavy atom. The van der Waals surface area contributed by atoms with Crippen molar-refractivity contribution in [1.29, 1.82) is 0 Å². The molecule has 0 radical (unpaired) electrons. The number of nitrogens with zero attached hydrogens (tertiary/aromatic N) is 5. The summed E-state index contributed by atoms with van der Waals surface area (Å²) < 4.78 is 13.0. The van der Waals surface area contributed by atoms with E-state index >= 15 is 0 Å². The van der Waals surface area contributed by atoms with Crippen molar-refractivity contribution in [3.63, 3.8) is 0 Å². The Hall–Kier alpha value is -2.70. The largest absolute Gasteiger partial charge is 0.370 e. The Balaban J connectivity index is 1.50. The second-order valence-corrected chi connectivity index (χ2v) is 6.03. The van der Waals surface area contributed by atoms with Gasteiger partial charge in [0.15, 0.2) is 5.96 Å². The molecule has 0 aliphatic carbocycles. The zero-order valence-corrected chi connectivity index (χ0v) is 14.4. The van der Waals surface area contributed by atoms with Crippen LogP contribution in [0.4, 0.5) is 10.1 Å². The summed E-state index contributed by atoms with van der Waals surface area (Å²) in [6.45, 7) is 5.83. The molecule has 1 aliphatic rings.